The monoisotopic (exact) mass is 382 g/mol. The first-order chi connectivity index (χ1) is 12.3. The third kappa shape index (κ3) is 2.43. The summed E-state index contributed by atoms with van der Waals surface area (Å²) >= 11 is 3.55. The van der Waals surface area contributed by atoms with E-state index in [0.717, 1.165) is 4.47 Å². The zero-order chi connectivity index (χ0) is 16.8. The van der Waals surface area contributed by atoms with E-state index in [1.807, 2.05) is 0 Å². The van der Waals surface area contributed by atoms with E-state index in [1.54, 1.807) is 0 Å². The average Bonchev–Trinajstić information content (AvgIpc) is 2.96. The van der Waals surface area contributed by atoms with Gasteiger partial charge in [0.1, 0.15) is 0 Å². The molecule has 0 amide bonds. The quantitative estimate of drug-likeness (QED) is 0.288. The molecule has 118 valence electrons. The second-order valence-corrected chi connectivity index (χ2v) is 7.32. The molecule has 0 N–H and O–H groups in total. The summed E-state index contributed by atoms with van der Waals surface area (Å²) in [7, 11) is 0. The largest absolute Gasteiger partial charge is 0.0616 e. The summed E-state index contributed by atoms with van der Waals surface area (Å²) in [5.74, 6) is 0. The molecule has 0 atom stereocenters. The lowest BCUT2D eigenvalue weighted by Crippen LogP contribution is -1.82. The van der Waals surface area contributed by atoms with E-state index < -0.39 is 0 Å². The molecule has 0 saturated carbocycles. The number of hydrogen-bond acceptors (Lipinski definition) is 0. The molecule has 1 aliphatic rings. The van der Waals surface area contributed by atoms with Gasteiger partial charge in [0.15, 0.2) is 0 Å². The second kappa shape index (κ2) is 5.72. The lowest BCUT2D eigenvalue weighted by atomic mass is 9.99. The summed E-state index contributed by atoms with van der Waals surface area (Å²) < 4.78 is 1.12. The minimum Gasteiger partial charge on any atom is -0.0616 e. The molecule has 0 saturated heterocycles. The first kappa shape index (κ1) is 14.7. The molecule has 0 fully saturated rings. The Labute approximate surface area is 155 Å². The van der Waals surface area contributed by atoms with Crippen LogP contribution >= 0.6 is 15.9 Å². The second-order valence-electron chi connectivity index (χ2n) is 6.40. The standard InChI is InChI=1S/C24H15Br/c25-19-12-11-17-13-16(9-10-18(17)15-19)14-24-22-7-3-1-5-20(22)21-6-2-4-8-23(21)24/h1-15H. The first-order valence-corrected chi connectivity index (χ1v) is 9.19. The Kier molecular flexibility index (Phi) is 3.36. The first-order valence-electron chi connectivity index (χ1n) is 8.40. The molecular formula is C24H15Br. The fourth-order valence-electron chi connectivity index (χ4n) is 3.70. The number of benzene rings is 4. The fraction of sp³-hybridized carbons (Fsp3) is 0. The molecule has 1 heteroatoms. The van der Waals surface area contributed by atoms with Gasteiger partial charge < -0.3 is 0 Å². The molecular weight excluding hydrogens is 368 g/mol. The molecule has 0 bridgehead atoms. The van der Waals surface area contributed by atoms with Gasteiger partial charge in [-0.15, -0.1) is 0 Å². The molecule has 0 radical (unpaired) electrons. The van der Waals surface area contributed by atoms with Crippen molar-refractivity contribution in [3.05, 3.63) is 106 Å². The number of hydrogen-bond donors (Lipinski definition) is 0. The van der Waals surface area contributed by atoms with E-state index in [1.165, 1.54) is 44.2 Å². The molecule has 25 heavy (non-hydrogen) atoms. The van der Waals surface area contributed by atoms with Crippen molar-refractivity contribution in [2.75, 3.05) is 0 Å². The Morgan fingerprint density at radius 3 is 1.80 bits per heavy atom. The van der Waals surface area contributed by atoms with Crippen LogP contribution in [0.1, 0.15) is 16.7 Å². The topological polar surface area (TPSA) is 0 Å². The van der Waals surface area contributed by atoms with E-state index in [2.05, 4.69) is 107 Å². The molecule has 5 rings (SSSR count). The van der Waals surface area contributed by atoms with Gasteiger partial charge in [0, 0.05) is 4.47 Å². The van der Waals surface area contributed by atoms with Crippen LogP contribution in [0.25, 0.3) is 33.5 Å². The number of fused-ring (bicyclic) bond motifs is 4. The van der Waals surface area contributed by atoms with E-state index in [-0.39, 0.29) is 0 Å². The molecule has 4 aromatic rings. The third-order valence-electron chi connectivity index (χ3n) is 4.86. The molecule has 0 aromatic heterocycles. The summed E-state index contributed by atoms with van der Waals surface area (Å²) in [5.41, 5.74) is 7.83. The van der Waals surface area contributed by atoms with Crippen molar-refractivity contribution in [2.45, 2.75) is 0 Å². The van der Waals surface area contributed by atoms with Crippen molar-refractivity contribution >= 4 is 38.4 Å². The van der Waals surface area contributed by atoms with Gasteiger partial charge in [-0.3, -0.25) is 0 Å². The van der Waals surface area contributed by atoms with Crippen LogP contribution in [-0.4, -0.2) is 0 Å². The minimum absolute atomic E-state index is 1.12. The lowest BCUT2D eigenvalue weighted by molar-refractivity contribution is 1.65. The van der Waals surface area contributed by atoms with Crippen molar-refractivity contribution in [3.8, 4) is 11.1 Å². The van der Waals surface area contributed by atoms with Gasteiger partial charge in [-0.25, -0.2) is 0 Å². The Hall–Kier alpha value is -2.64. The van der Waals surface area contributed by atoms with Crippen LogP contribution < -0.4 is 0 Å². The molecule has 0 heterocycles. The molecule has 0 aliphatic heterocycles. The van der Waals surface area contributed by atoms with E-state index in [4.69, 9.17) is 0 Å². The SMILES string of the molecule is Brc1ccc2cc(C=C3c4ccccc4-c4ccccc43)ccc2c1. The lowest BCUT2D eigenvalue weighted by Gasteiger charge is -2.05. The van der Waals surface area contributed by atoms with Crippen LogP contribution in [0, 0.1) is 0 Å². The van der Waals surface area contributed by atoms with Crippen LogP contribution in [0.2, 0.25) is 0 Å². The van der Waals surface area contributed by atoms with Crippen molar-refractivity contribution < 1.29 is 0 Å². The van der Waals surface area contributed by atoms with Gasteiger partial charge in [0.05, 0.1) is 0 Å². The Morgan fingerprint density at radius 1 is 0.560 bits per heavy atom. The maximum atomic E-state index is 3.55. The van der Waals surface area contributed by atoms with Crippen LogP contribution in [0.15, 0.2) is 89.4 Å². The predicted molar refractivity (Wildman–Crippen MR) is 110 cm³/mol. The highest BCUT2D eigenvalue weighted by Gasteiger charge is 2.22. The number of halogens is 1. The van der Waals surface area contributed by atoms with Gasteiger partial charge in [0.2, 0.25) is 0 Å². The smallest absolute Gasteiger partial charge is 0.0181 e. The summed E-state index contributed by atoms with van der Waals surface area (Å²) in [6.45, 7) is 0. The van der Waals surface area contributed by atoms with Gasteiger partial charge in [0.25, 0.3) is 0 Å². The van der Waals surface area contributed by atoms with Gasteiger partial charge in [-0.1, -0.05) is 82.7 Å². The summed E-state index contributed by atoms with van der Waals surface area (Å²) in [5, 5.41) is 2.51. The maximum Gasteiger partial charge on any atom is 0.0181 e. The normalized spacial score (nSPS) is 12.1. The Bertz CT molecular complexity index is 1100. The van der Waals surface area contributed by atoms with E-state index >= 15 is 0 Å². The summed E-state index contributed by atoms with van der Waals surface area (Å²) in [6.07, 6.45) is 2.31. The fourth-order valence-corrected chi connectivity index (χ4v) is 4.08. The maximum absolute atomic E-state index is 3.55. The molecule has 0 nitrogen and oxygen atoms in total. The molecule has 1 aliphatic carbocycles. The van der Waals surface area contributed by atoms with Crippen molar-refractivity contribution in [2.24, 2.45) is 0 Å². The van der Waals surface area contributed by atoms with Gasteiger partial charge in [-0.05, 0) is 68.4 Å². The minimum atomic E-state index is 1.12. The molecule has 4 aromatic carbocycles. The van der Waals surface area contributed by atoms with E-state index in [0.29, 0.717) is 0 Å². The Morgan fingerprint density at radius 2 is 1.12 bits per heavy atom. The summed E-state index contributed by atoms with van der Waals surface area (Å²) in [6, 6.07) is 30.4. The van der Waals surface area contributed by atoms with Crippen molar-refractivity contribution in [3.63, 3.8) is 0 Å². The summed E-state index contributed by atoms with van der Waals surface area (Å²) in [4.78, 5) is 0. The van der Waals surface area contributed by atoms with Crippen LogP contribution in [0.3, 0.4) is 0 Å². The molecule has 0 unspecified atom stereocenters. The predicted octanol–water partition coefficient (Wildman–Crippen LogP) is 7.17. The highest BCUT2D eigenvalue weighted by Crippen LogP contribution is 2.44. The van der Waals surface area contributed by atoms with Crippen molar-refractivity contribution in [1.82, 2.24) is 0 Å². The van der Waals surface area contributed by atoms with E-state index in [9.17, 15) is 0 Å². The highest BCUT2D eigenvalue weighted by atomic mass is 79.9. The van der Waals surface area contributed by atoms with Crippen LogP contribution in [0.5, 0.6) is 0 Å². The Balaban J connectivity index is 1.71. The molecule has 0 spiro atoms. The van der Waals surface area contributed by atoms with Crippen molar-refractivity contribution in [1.29, 1.82) is 0 Å². The third-order valence-corrected chi connectivity index (χ3v) is 5.36. The number of rotatable bonds is 1. The van der Waals surface area contributed by atoms with Gasteiger partial charge >= 0.3 is 0 Å². The zero-order valence-corrected chi connectivity index (χ0v) is 15.1. The van der Waals surface area contributed by atoms with Crippen LogP contribution in [0.4, 0.5) is 0 Å². The average molecular weight is 383 g/mol. The zero-order valence-electron chi connectivity index (χ0n) is 13.5. The van der Waals surface area contributed by atoms with Gasteiger partial charge in [-0.2, -0.15) is 0 Å². The highest BCUT2D eigenvalue weighted by molar-refractivity contribution is 9.10. The van der Waals surface area contributed by atoms with Crippen LogP contribution in [-0.2, 0) is 0 Å².